The maximum Gasteiger partial charge on any atom is 0.165 e. The molecule has 3 rings (SSSR count). The Morgan fingerprint density at radius 3 is 2.81 bits per heavy atom. The number of benzene rings is 1. The SMILES string of the molecule is CC(CN1CCCCC1)NCc1cccc2c1OCCO2. The monoisotopic (exact) mass is 290 g/mol. The zero-order chi connectivity index (χ0) is 14.5. The van der Waals surface area contributed by atoms with Gasteiger partial charge in [-0.2, -0.15) is 0 Å². The van der Waals surface area contributed by atoms with Crippen LogP contribution in [0.3, 0.4) is 0 Å². The van der Waals surface area contributed by atoms with E-state index in [1.807, 2.05) is 12.1 Å². The summed E-state index contributed by atoms with van der Waals surface area (Å²) in [6.07, 6.45) is 4.10. The summed E-state index contributed by atoms with van der Waals surface area (Å²) in [4.78, 5) is 2.57. The molecule has 0 amide bonds. The number of piperidine rings is 1. The molecule has 0 aliphatic carbocycles. The third kappa shape index (κ3) is 3.89. The van der Waals surface area contributed by atoms with Crippen molar-refractivity contribution in [2.45, 2.75) is 38.8 Å². The van der Waals surface area contributed by atoms with Crippen molar-refractivity contribution in [1.29, 1.82) is 0 Å². The summed E-state index contributed by atoms with van der Waals surface area (Å²) in [6, 6.07) is 6.63. The highest BCUT2D eigenvalue weighted by atomic mass is 16.6. The van der Waals surface area contributed by atoms with E-state index in [9.17, 15) is 0 Å². The Kier molecular flexibility index (Phi) is 4.99. The van der Waals surface area contributed by atoms with Gasteiger partial charge in [-0.15, -0.1) is 0 Å². The molecule has 0 spiro atoms. The highest BCUT2D eigenvalue weighted by molar-refractivity contribution is 5.47. The molecule has 0 saturated carbocycles. The largest absolute Gasteiger partial charge is 0.486 e. The standard InChI is InChI=1S/C17H26N2O2/c1-14(13-19-8-3-2-4-9-19)18-12-15-6-5-7-16-17(15)21-11-10-20-16/h5-7,14,18H,2-4,8-13H2,1H3. The van der Waals surface area contributed by atoms with Gasteiger partial charge in [0.2, 0.25) is 0 Å². The minimum absolute atomic E-state index is 0.489. The number of nitrogens with zero attached hydrogens (tertiary/aromatic N) is 1. The van der Waals surface area contributed by atoms with Crippen LogP contribution in [-0.2, 0) is 6.54 Å². The van der Waals surface area contributed by atoms with Gasteiger partial charge in [-0.3, -0.25) is 0 Å². The van der Waals surface area contributed by atoms with Crippen molar-refractivity contribution >= 4 is 0 Å². The first kappa shape index (κ1) is 14.7. The fourth-order valence-electron chi connectivity index (χ4n) is 3.15. The van der Waals surface area contributed by atoms with E-state index in [1.165, 1.54) is 37.9 Å². The first-order chi connectivity index (χ1) is 10.3. The van der Waals surface area contributed by atoms with Crippen LogP contribution in [0.25, 0.3) is 0 Å². The third-order valence-corrected chi connectivity index (χ3v) is 4.27. The highest BCUT2D eigenvalue weighted by Gasteiger charge is 2.17. The van der Waals surface area contributed by atoms with Crippen molar-refractivity contribution in [2.75, 3.05) is 32.8 Å². The molecule has 116 valence electrons. The summed E-state index contributed by atoms with van der Waals surface area (Å²) in [5.74, 6) is 1.80. The lowest BCUT2D eigenvalue weighted by Gasteiger charge is -2.29. The molecule has 0 aromatic heterocycles. The van der Waals surface area contributed by atoms with Gasteiger partial charge in [-0.25, -0.2) is 0 Å². The number of ether oxygens (including phenoxy) is 2. The first-order valence-corrected chi connectivity index (χ1v) is 8.16. The lowest BCUT2D eigenvalue weighted by atomic mass is 10.1. The Bertz CT molecular complexity index is 458. The van der Waals surface area contributed by atoms with Gasteiger partial charge in [0.25, 0.3) is 0 Å². The zero-order valence-electron chi connectivity index (χ0n) is 12.9. The number of fused-ring (bicyclic) bond motifs is 1. The van der Waals surface area contributed by atoms with Gasteiger partial charge in [0.1, 0.15) is 13.2 Å². The second-order valence-electron chi connectivity index (χ2n) is 6.08. The Balaban J connectivity index is 1.52. The minimum atomic E-state index is 0.489. The van der Waals surface area contributed by atoms with Crippen LogP contribution in [0.4, 0.5) is 0 Å². The predicted octanol–water partition coefficient (Wildman–Crippen LogP) is 2.42. The summed E-state index contributed by atoms with van der Waals surface area (Å²) < 4.78 is 11.4. The number of hydrogen-bond donors (Lipinski definition) is 1. The van der Waals surface area contributed by atoms with Gasteiger partial charge in [0, 0.05) is 24.7 Å². The van der Waals surface area contributed by atoms with Crippen LogP contribution < -0.4 is 14.8 Å². The van der Waals surface area contributed by atoms with E-state index in [1.54, 1.807) is 0 Å². The molecule has 2 heterocycles. The van der Waals surface area contributed by atoms with Crippen molar-refractivity contribution < 1.29 is 9.47 Å². The highest BCUT2D eigenvalue weighted by Crippen LogP contribution is 2.33. The van der Waals surface area contributed by atoms with Crippen molar-refractivity contribution in [3.63, 3.8) is 0 Å². The van der Waals surface area contributed by atoms with Crippen LogP contribution in [0.2, 0.25) is 0 Å². The smallest absolute Gasteiger partial charge is 0.165 e. The molecule has 4 nitrogen and oxygen atoms in total. The fraction of sp³-hybridized carbons (Fsp3) is 0.647. The number of rotatable bonds is 5. The summed E-state index contributed by atoms with van der Waals surface area (Å²) in [6.45, 7) is 8.03. The summed E-state index contributed by atoms with van der Waals surface area (Å²) >= 11 is 0. The molecule has 2 aliphatic heterocycles. The average molecular weight is 290 g/mol. The normalized spacial score (nSPS) is 20.2. The maximum atomic E-state index is 5.76. The minimum Gasteiger partial charge on any atom is -0.486 e. The Labute approximate surface area is 127 Å². The number of likely N-dealkylation sites (tertiary alicyclic amines) is 1. The summed E-state index contributed by atoms with van der Waals surface area (Å²) in [7, 11) is 0. The predicted molar refractivity (Wildman–Crippen MR) is 84.0 cm³/mol. The molecule has 2 aliphatic rings. The van der Waals surface area contributed by atoms with Crippen molar-refractivity contribution in [1.82, 2.24) is 10.2 Å². The number of nitrogens with one attached hydrogen (secondary N) is 1. The third-order valence-electron chi connectivity index (χ3n) is 4.27. The summed E-state index contributed by atoms with van der Waals surface area (Å²) in [5, 5.41) is 3.62. The van der Waals surface area contributed by atoms with Crippen LogP contribution in [-0.4, -0.2) is 43.8 Å². The quantitative estimate of drug-likeness (QED) is 0.903. The van der Waals surface area contributed by atoms with Crippen molar-refractivity contribution in [3.8, 4) is 11.5 Å². The lowest BCUT2D eigenvalue weighted by molar-refractivity contribution is 0.169. The van der Waals surface area contributed by atoms with Crippen LogP contribution in [0, 0.1) is 0 Å². The van der Waals surface area contributed by atoms with E-state index in [-0.39, 0.29) is 0 Å². The molecule has 0 bridgehead atoms. The molecule has 1 fully saturated rings. The topological polar surface area (TPSA) is 33.7 Å². The number of para-hydroxylation sites is 1. The Morgan fingerprint density at radius 2 is 1.95 bits per heavy atom. The molecule has 1 aromatic carbocycles. The molecule has 0 radical (unpaired) electrons. The first-order valence-electron chi connectivity index (χ1n) is 8.16. The second kappa shape index (κ2) is 7.14. The van der Waals surface area contributed by atoms with Crippen molar-refractivity contribution in [3.05, 3.63) is 23.8 Å². The van der Waals surface area contributed by atoms with E-state index >= 15 is 0 Å². The van der Waals surface area contributed by atoms with Crippen LogP contribution >= 0.6 is 0 Å². The van der Waals surface area contributed by atoms with Crippen molar-refractivity contribution in [2.24, 2.45) is 0 Å². The van der Waals surface area contributed by atoms with Gasteiger partial charge >= 0.3 is 0 Å². The molecular formula is C17H26N2O2. The second-order valence-corrected chi connectivity index (χ2v) is 6.08. The van der Waals surface area contributed by atoms with Gasteiger partial charge in [-0.05, 0) is 38.9 Å². The van der Waals surface area contributed by atoms with E-state index < -0.39 is 0 Å². The molecule has 1 aromatic rings. The Hall–Kier alpha value is -1.26. The Morgan fingerprint density at radius 1 is 1.14 bits per heavy atom. The van der Waals surface area contributed by atoms with Gasteiger partial charge in [-0.1, -0.05) is 18.6 Å². The van der Waals surface area contributed by atoms with Gasteiger partial charge in [0.15, 0.2) is 11.5 Å². The van der Waals surface area contributed by atoms with E-state index in [0.29, 0.717) is 19.3 Å². The molecule has 1 atom stereocenters. The van der Waals surface area contributed by atoms with Crippen LogP contribution in [0.1, 0.15) is 31.7 Å². The van der Waals surface area contributed by atoms with Crippen LogP contribution in [0.5, 0.6) is 11.5 Å². The summed E-state index contributed by atoms with van der Waals surface area (Å²) in [5.41, 5.74) is 1.19. The van der Waals surface area contributed by atoms with Gasteiger partial charge in [0.05, 0.1) is 0 Å². The zero-order valence-corrected chi connectivity index (χ0v) is 12.9. The number of hydrogen-bond acceptors (Lipinski definition) is 4. The molecular weight excluding hydrogens is 264 g/mol. The lowest BCUT2D eigenvalue weighted by Crippen LogP contribution is -2.41. The molecule has 1 saturated heterocycles. The van der Waals surface area contributed by atoms with E-state index in [2.05, 4.69) is 23.2 Å². The molecule has 1 N–H and O–H groups in total. The maximum absolute atomic E-state index is 5.76. The molecule has 21 heavy (non-hydrogen) atoms. The van der Waals surface area contributed by atoms with Crippen LogP contribution in [0.15, 0.2) is 18.2 Å². The fourth-order valence-corrected chi connectivity index (χ4v) is 3.15. The average Bonchev–Trinajstić information content (AvgIpc) is 2.54. The van der Waals surface area contributed by atoms with E-state index in [4.69, 9.17) is 9.47 Å². The van der Waals surface area contributed by atoms with E-state index in [0.717, 1.165) is 24.6 Å². The molecule has 4 heteroatoms. The van der Waals surface area contributed by atoms with Gasteiger partial charge < -0.3 is 19.7 Å². The molecule has 1 unspecified atom stereocenters.